The Balaban J connectivity index is 1.24. The van der Waals surface area contributed by atoms with E-state index in [1.165, 1.54) is 12.1 Å². The number of carbonyl (C=O) groups excluding carboxylic acids is 2. The number of amides is 2. The van der Waals surface area contributed by atoms with E-state index >= 15 is 0 Å². The van der Waals surface area contributed by atoms with Crippen molar-refractivity contribution in [3.8, 4) is 0 Å². The van der Waals surface area contributed by atoms with E-state index in [-0.39, 0.29) is 39.6 Å². The van der Waals surface area contributed by atoms with Gasteiger partial charge in [-0.25, -0.2) is 8.78 Å². The minimum absolute atomic E-state index is 0.0692. The first-order valence-electron chi connectivity index (χ1n) is 14.7. The number of nitrogens with one attached hydrogen (secondary N) is 1. The normalized spacial score (nSPS) is 32.2. The summed E-state index contributed by atoms with van der Waals surface area (Å²) >= 11 is 0. The molecule has 0 radical (unpaired) electrons. The van der Waals surface area contributed by atoms with Gasteiger partial charge in [-0.2, -0.15) is 4.98 Å². The van der Waals surface area contributed by atoms with E-state index in [0.29, 0.717) is 38.0 Å². The lowest BCUT2D eigenvalue weighted by molar-refractivity contribution is -0.215. The van der Waals surface area contributed by atoms with Gasteiger partial charge in [-0.05, 0) is 93.7 Å². The van der Waals surface area contributed by atoms with Crippen molar-refractivity contribution >= 4 is 17.5 Å². The molecule has 1 aromatic carbocycles. The smallest absolute Gasteiger partial charge is 0.254 e. The number of carbonyl (C=O) groups is 2. The summed E-state index contributed by atoms with van der Waals surface area (Å²) < 4.78 is 34.7. The van der Waals surface area contributed by atoms with Gasteiger partial charge in [-0.15, -0.1) is 0 Å². The van der Waals surface area contributed by atoms with Crippen LogP contribution >= 0.6 is 0 Å². The topological polar surface area (TPSA) is 88.3 Å². The van der Waals surface area contributed by atoms with Gasteiger partial charge in [0, 0.05) is 36.0 Å². The minimum Gasteiger partial charge on any atom is -0.352 e. The maximum Gasteiger partial charge on any atom is 0.254 e. The molecule has 6 aliphatic rings. The average molecular weight is 555 g/mol. The molecule has 0 atom stereocenters. The molecule has 1 heterocycles. The van der Waals surface area contributed by atoms with Crippen LogP contribution in [0.25, 0.3) is 0 Å². The van der Waals surface area contributed by atoms with Crippen LogP contribution in [0.2, 0.25) is 0 Å². The fourth-order valence-electron chi connectivity index (χ4n) is 7.80. The number of alkyl halides is 1. The van der Waals surface area contributed by atoms with E-state index < -0.39 is 17.4 Å². The molecule has 0 spiro atoms. The number of hydrogen-bond donors (Lipinski definition) is 1. The fraction of sp³-hybridized carbons (Fsp3) is 0.677. The zero-order valence-electron chi connectivity index (χ0n) is 24.0. The maximum atomic E-state index is 14.7. The van der Waals surface area contributed by atoms with E-state index in [1.54, 1.807) is 17.9 Å². The second-order valence-electron chi connectivity index (χ2n) is 14.3. The molecule has 216 valence electrons. The Labute approximate surface area is 234 Å². The molecular formula is C31H40F2N4O3. The second kappa shape index (κ2) is 9.08. The quantitative estimate of drug-likeness (QED) is 0.422. The first-order chi connectivity index (χ1) is 18.8. The van der Waals surface area contributed by atoms with Crippen LogP contribution in [0.1, 0.15) is 114 Å². The molecule has 6 saturated carbocycles. The van der Waals surface area contributed by atoms with Gasteiger partial charge in [0.25, 0.3) is 5.91 Å². The number of rotatable bonds is 8. The molecule has 8 rings (SSSR count). The molecule has 0 unspecified atom stereocenters. The van der Waals surface area contributed by atoms with Crippen LogP contribution < -0.4 is 10.2 Å². The van der Waals surface area contributed by atoms with Crippen molar-refractivity contribution in [2.45, 2.75) is 108 Å². The molecule has 6 aliphatic carbocycles. The van der Waals surface area contributed by atoms with Gasteiger partial charge in [-0.3, -0.25) is 9.59 Å². The molecule has 2 aromatic rings. The Kier molecular flexibility index (Phi) is 6.21. The van der Waals surface area contributed by atoms with Crippen LogP contribution in [-0.2, 0) is 15.6 Å². The van der Waals surface area contributed by atoms with E-state index in [4.69, 9.17) is 9.51 Å². The zero-order valence-corrected chi connectivity index (χ0v) is 24.0. The number of aromatic nitrogens is 2. The monoisotopic (exact) mass is 554 g/mol. The molecule has 9 heteroatoms. The fourth-order valence-corrected chi connectivity index (χ4v) is 7.80. The van der Waals surface area contributed by atoms with Crippen molar-refractivity contribution in [1.82, 2.24) is 15.5 Å². The van der Waals surface area contributed by atoms with Crippen LogP contribution in [0.15, 0.2) is 22.7 Å². The van der Waals surface area contributed by atoms with Crippen LogP contribution in [0.4, 0.5) is 14.5 Å². The van der Waals surface area contributed by atoms with Crippen LogP contribution in [-0.4, -0.2) is 40.7 Å². The van der Waals surface area contributed by atoms with Gasteiger partial charge >= 0.3 is 0 Å². The Morgan fingerprint density at radius 1 is 1.05 bits per heavy atom. The number of anilines is 1. The number of nitrogens with zero attached hydrogens (tertiary/aromatic N) is 3. The lowest BCUT2D eigenvalue weighted by Gasteiger charge is -2.66. The highest BCUT2D eigenvalue weighted by atomic mass is 19.1. The molecule has 1 N–H and O–H groups in total. The maximum absolute atomic E-state index is 14.7. The minimum atomic E-state index is -1.08. The van der Waals surface area contributed by atoms with Crippen LogP contribution in [0, 0.1) is 16.6 Å². The van der Waals surface area contributed by atoms with Crippen molar-refractivity contribution in [1.29, 1.82) is 0 Å². The van der Waals surface area contributed by atoms with Gasteiger partial charge in [0.2, 0.25) is 11.8 Å². The summed E-state index contributed by atoms with van der Waals surface area (Å²) in [5, 5.41) is 6.93. The third-order valence-corrected chi connectivity index (χ3v) is 10.2. The first kappa shape index (κ1) is 27.3. The Morgan fingerprint density at radius 2 is 1.70 bits per heavy atom. The lowest BCUT2D eigenvalue weighted by atomic mass is 9.41. The third-order valence-electron chi connectivity index (χ3n) is 10.2. The third kappa shape index (κ3) is 4.53. The number of fused-ring (bicyclic) bond motifs is 3. The zero-order chi connectivity index (χ0) is 28.6. The summed E-state index contributed by atoms with van der Waals surface area (Å²) in [6, 6.07) is 4.36. The molecule has 7 nitrogen and oxygen atoms in total. The molecule has 40 heavy (non-hydrogen) atoms. The van der Waals surface area contributed by atoms with Crippen LogP contribution in [0.5, 0.6) is 0 Å². The molecule has 6 fully saturated rings. The van der Waals surface area contributed by atoms with Crippen molar-refractivity contribution in [3.05, 3.63) is 41.3 Å². The van der Waals surface area contributed by atoms with Gasteiger partial charge < -0.3 is 14.7 Å². The van der Waals surface area contributed by atoms with Crippen molar-refractivity contribution in [2.75, 3.05) is 18.0 Å². The highest BCUT2D eigenvalue weighted by Crippen LogP contribution is 2.71. The predicted octanol–water partition coefficient (Wildman–Crippen LogP) is 6.16. The molecule has 0 saturated heterocycles. The highest BCUT2D eigenvalue weighted by molar-refractivity contribution is 5.98. The largest absolute Gasteiger partial charge is 0.352 e. The summed E-state index contributed by atoms with van der Waals surface area (Å²) in [5.74, 6) is 0.263. The molecule has 2 amide bonds. The van der Waals surface area contributed by atoms with Gasteiger partial charge in [0.05, 0.1) is 5.56 Å². The molecular weight excluding hydrogens is 514 g/mol. The number of halogens is 2. The molecule has 0 aliphatic heterocycles. The van der Waals surface area contributed by atoms with Crippen molar-refractivity contribution in [3.63, 3.8) is 0 Å². The summed E-state index contributed by atoms with van der Waals surface area (Å²) in [4.78, 5) is 33.0. The highest BCUT2D eigenvalue weighted by Gasteiger charge is 2.69. The summed E-state index contributed by atoms with van der Waals surface area (Å²) in [6.45, 7) is 8.87. The van der Waals surface area contributed by atoms with E-state index in [9.17, 15) is 18.4 Å². The average Bonchev–Trinajstić information content (AvgIpc) is 3.40. The molecule has 1 aromatic heterocycles. The SMILES string of the molecule is CCNC(=O)c1cc(N(CC23CCC(c4nc(C(C)(C)C)no4)(CC2)CC3)C(=O)CC23CC(F)(C2)C3)ccc1F. The summed E-state index contributed by atoms with van der Waals surface area (Å²) in [6.07, 6.45) is 7.07. The number of benzene rings is 1. The predicted molar refractivity (Wildman–Crippen MR) is 146 cm³/mol. The van der Waals surface area contributed by atoms with Gasteiger partial charge in [0.15, 0.2) is 5.82 Å². The van der Waals surface area contributed by atoms with E-state index in [0.717, 1.165) is 50.2 Å². The first-order valence-corrected chi connectivity index (χ1v) is 14.7. The van der Waals surface area contributed by atoms with Crippen molar-refractivity contribution in [2.24, 2.45) is 10.8 Å². The lowest BCUT2D eigenvalue weighted by Crippen LogP contribution is -2.65. The summed E-state index contributed by atoms with van der Waals surface area (Å²) in [5.41, 5.74) is -1.28. The number of hydrogen-bond acceptors (Lipinski definition) is 5. The Bertz CT molecular complexity index is 1300. The van der Waals surface area contributed by atoms with E-state index in [2.05, 4.69) is 31.2 Å². The van der Waals surface area contributed by atoms with Crippen LogP contribution in [0.3, 0.4) is 0 Å². The van der Waals surface area contributed by atoms with Crippen molar-refractivity contribution < 1.29 is 22.9 Å². The van der Waals surface area contributed by atoms with Gasteiger partial charge in [-0.1, -0.05) is 25.9 Å². The standard InChI is InChI=1S/C31H40F2N4O3/c1-5-34-24(39)21-14-20(6-7-22(21)32)37(23(38)15-29-16-31(33,17-29)18-29)19-28-8-11-30(12-9-28,13-10-28)26-35-25(36-40-26)27(2,3)4/h6-7,14H,5,8-13,15-19H2,1-4H3,(H,34,39). The summed E-state index contributed by atoms with van der Waals surface area (Å²) in [7, 11) is 0. The van der Waals surface area contributed by atoms with E-state index in [1.807, 2.05) is 0 Å². The Hall–Kier alpha value is -2.84. The van der Waals surface area contributed by atoms with Gasteiger partial charge in [0.1, 0.15) is 11.5 Å². The Morgan fingerprint density at radius 3 is 2.25 bits per heavy atom. The second-order valence-corrected chi connectivity index (χ2v) is 14.3. The molecule has 4 bridgehead atoms.